The molecule has 1 N–H and O–H groups in total. The number of nitrogens with one attached hydrogen (secondary N) is 1. The monoisotopic (exact) mass is 302 g/mol. The Bertz CT molecular complexity index is 416. The molecule has 0 fully saturated rings. The summed E-state index contributed by atoms with van der Waals surface area (Å²) in [6.45, 7) is 5.66. The molecule has 94 valence electrons. The van der Waals surface area contributed by atoms with E-state index in [1.54, 1.807) is 12.3 Å². The van der Waals surface area contributed by atoms with E-state index >= 15 is 0 Å². The molecular weight excluding hydrogens is 288 g/mol. The predicted molar refractivity (Wildman–Crippen MR) is 67.7 cm³/mol. The zero-order valence-electron chi connectivity index (χ0n) is 10.2. The van der Waals surface area contributed by atoms with E-state index in [1.807, 2.05) is 20.8 Å². The first kappa shape index (κ1) is 13.9. The molecule has 0 radical (unpaired) electrons. The van der Waals surface area contributed by atoms with Gasteiger partial charge in [0.1, 0.15) is 5.56 Å². The molecule has 0 amide bonds. The first-order chi connectivity index (χ1) is 7.83. The molecule has 6 heteroatoms. The van der Waals surface area contributed by atoms with Crippen LogP contribution in [0.4, 0.5) is 5.82 Å². The first-order valence-corrected chi connectivity index (χ1v) is 5.80. The fraction of sp³-hybridized carbons (Fsp3) is 0.455. The molecule has 1 rings (SSSR count). The lowest BCUT2D eigenvalue weighted by Crippen LogP contribution is -2.24. The highest BCUT2D eigenvalue weighted by Gasteiger charge is 2.17. The summed E-state index contributed by atoms with van der Waals surface area (Å²) in [4.78, 5) is 21.0. The highest BCUT2D eigenvalue weighted by Crippen LogP contribution is 2.20. The average Bonchev–Trinajstić information content (AvgIpc) is 2.25. The van der Waals surface area contributed by atoms with Gasteiger partial charge >= 0.3 is 5.97 Å². The van der Waals surface area contributed by atoms with Gasteiger partial charge in [-0.3, -0.25) is 4.84 Å². The number of ether oxygens (including phenoxy) is 1. The van der Waals surface area contributed by atoms with Crippen molar-refractivity contribution >= 4 is 27.7 Å². The summed E-state index contributed by atoms with van der Waals surface area (Å²) in [5, 5.41) is 0. The van der Waals surface area contributed by atoms with Gasteiger partial charge < -0.3 is 4.74 Å². The maximum absolute atomic E-state index is 11.5. The molecule has 0 atom stereocenters. The lowest BCUT2D eigenvalue weighted by atomic mass is 10.2. The number of nitrogens with zero attached hydrogens (tertiary/aromatic N) is 1. The number of pyridine rings is 1. The smallest absolute Gasteiger partial charge is 0.341 e. The van der Waals surface area contributed by atoms with Crippen molar-refractivity contribution in [3.63, 3.8) is 0 Å². The number of methoxy groups -OCH3 is 1. The Labute approximate surface area is 109 Å². The van der Waals surface area contributed by atoms with E-state index in [9.17, 15) is 4.79 Å². The van der Waals surface area contributed by atoms with Crippen LogP contribution < -0.4 is 5.48 Å². The molecule has 0 aliphatic carbocycles. The molecule has 0 bridgehead atoms. The maximum atomic E-state index is 11.5. The van der Waals surface area contributed by atoms with Gasteiger partial charge in [0.25, 0.3) is 0 Å². The van der Waals surface area contributed by atoms with Crippen LogP contribution in [0.3, 0.4) is 0 Å². The summed E-state index contributed by atoms with van der Waals surface area (Å²) in [6.07, 6.45) is 1.57. The summed E-state index contributed by atoms with van der Waals surface area (Å²) in [5.41, 5.74) is 2.59. The second-order valence-corrected chi connectivity index (χ2v) is 5.27. The zero-order chi connectivity index (χ0) is 13.1. The van der Waals surface area contributed by atoms with Crippen LogP contribution in [-0.4, -0.2) is 23.7 Å². The van der Waals surface area contributed by atoms with Crippen molar-refractivity contribution in [1.82, 2.24) is 4.98 Å². The van der Waals surface area contributed by atoms with E-state index < -0.39 is 5.97 Å². The van der Waals surface area contributed by atoms with Crippen molar-refractivity contribution < 1.29 is 14.4 Å². The SMILES string of the molecule is COC(=O)c1cc(Br)cnc1NOC(C)(C)C. The quantitative estimate of drug-likeness (QED) is 0.687. The molecule has 1 heterocycles. The molecule has 0 aliphatic rings. The van der Waals surface area contributed by atoms with Gasteiger partial charge in [-0.1, -0.05) is 0 Å². The number of anilines is 1. The molecule has 0 saturated heterocycles. The van der Waals surface area contributed by atoms with Crippen molar-refractivity contribution in [1.29, 1.82) is 0 Å². The van der Waals surface area contributed by atoms with Gasteiger partial charge in [0.2, 0.25) is 0 Å². The Balaban J connectivity index is 2.94. The molecular formula is C11H15BrN2O3. The topological polar surface area (TPSA) is 60.5 Å². The molecule has 17 heavy (non-hydrogen) atoms. The average molecular weight is 303 g/mol. The Morgan fingerprint density at radius 3 is 2.65 bits per heavy atom. The minimum atomic E-state index is -0.473. The van der Waals surface area contributed by atoms with Gasteiger partial charge in [0.05, 0.1) is 12.7 Å². The Morgan fingerprint density at radius 2 is 2.12 bits per heavy atom. The van der Waals surface area contributed by atoms with Gasteiger partial charge in [-0.05, 0) is 42.8 Å². The van der Waals surface area contributed by atoms with Crippen LogP contribution in [0.1, 0.15) is 31.1 Å². The van der Waals surface area contributed by atoms with Gasteiger partial charge in [0.15, 0.2) is 5.82 Å². The van der Waals surface area contributed by atoms with Crippen molar-refractivity contribution in [2.45, 2.75) is 26.4 Å². The summed E-state index contributed by atoms with van der Waals surface area (Å²) in [7, 11) is 1.32. The van der Waals surface area contributed by atoms with E-state index in [2.05, 4.69) is 31.1 Å². The van der Waals surface area contributed by atoms with Crippen LogP contribution in [0.5, 0.6) is 0 Å². The van der Waals surface area contributed by atoms with E-state index in [1.165, 1.54) is 7.11 Å². The molecule has 0 spiro atoms. The highest BCUT2D eigenvalue weighted by molar-refractivity contribution is 9.10. The van der Waals surface area contributed by atoms with Crippen LogP contribution in [0, 0.1) is 0 Å². The van der Waals surface area contributed by atoms with Crippen molar-refractivity contribution in [3.8, 4) is 0 Å². The summed E-state index contributed by atoms with van der Waals surface area (Å²) >= 11 is 3.25. The number of aromatic nitrogens is 1. The number of halogens is 1. The van der Waals surface area contributed by atoms with E-state index in [0.29, 0.717) is 15.9 Å². The van der Waals surface area contributed by atoms with Crippen molar-refractivity contribution in [2.24, 2.45) is 0 Å². The van der Waals surface area contributed by atoms with Crippen LogP contribution in [0.25, 0.3) is 0 Å². The van der Waals surface area contributed by atoms with Gasteiger partial charge in [-0.2, -0.15) is 0 Å². The summed E-state index contributed by atoms with van der Waals surface area (Å²) < 4.78 is 5.36. The molecule has 1 aromatic heterocycles. The molecule has 1 aromatic rings. The number of carbonyl (C=O) groups is 1. The highest BCUT2D eigenvalue weighted by atomic mass is 79.9. The Kier molecular flexibility index (Phi) is 4.47. The number of rotatable bonds is 3. The maximum Gasteiger partial charge on any atom is 0.341 e. The number of hydrogen-bond acceptors (Lipinski definition) is 5. The standard InChI is InChI=1S/C11H15BrN2O3/c1-11(2,3)17-14-9-8(10(15)16-4)5-7(12)6-13-9/h5-6H,1-4H3,(H,13,14). The van der Waals surface area contributed by atoms with Crippen molar-refractivity contribution in [3.05, 3.63) is 22.3 Å². The van der Waals surface area contributed by atoms with Crippen LogP contribution in [0.2, 0.25) is 0 Å². The van der Waals surface area contributed by atoms with Gasteiger partial charge in [-0.25, -0.2) is 15.3 Å². The zero-order valence-corrected chi connectivity index (χ0v) is 11.8. The normalized spacial score (nSPS) is 11.1. The predicted octanol–water partition coefficient (Wildman–Crippen LogP) is 2.77. The van der Waals surface area contributed by atoms with E-state index in [4.69, 9.17) is 4.84 Å². The Hall–Kier alpha value is -1.14. The largest absolute Gasteiger partial charge is 0.465 e. The number of esters is 1. The molecule has 0 aromatic carbocycles. The molecule has 0 aliphatic heterocycles. The second kappa shape index (κ2) is 5.46. The van der Waals surface area contributed by atoms with Crippen LogP contribution in [0.15, 0.2) is 16.7 Å². The fourth-order valence-electron chi connectivity index (χ4n) is 0.988. The van der Waals surface area contributed by atoms with E-state index in [0.717, 1.165) is 0 Å². The fourth-order valence-corrected chi connectivity index (χ4v) is 1.32. The van der Waals surface area contributed by atoms with Crippen LogP contribution >= 0.6 is 15.9 Å². The summed E-state index contributed by atoms with van der Waals surface area (Å²) in [6, 6.07) is 1.62. The minimum Gasteiger partial charge on any atom is -0.465 e. The van der Waals surface area contributed by atoms with Crippen LogP contribution in [-0.2, 0) is 9.57 Å². The molecule has 0 saturated carbocycles. The lowest BCUT2D eigenvalue weighted by Gasteiger charge is -2.20. The molecule has 5 nitrogen and oxygen atoms in total. The Morgan fingerprint density at radius 1 is 1.47 bits per heavy atom. The first-order valence-electron chi connectivity index (χ1n) is 5.01. The molecule has 0 unspecified atom stereocenters. The van der Waals surface area contributed by atoms with Gasteiger partial charge in [-0.15, -0.1) is 0 Å². The van der Waals surface area contributed by atoms with E-state index in [-0.39, 0.29) is 5.60 Å². The lowest BCUT2D eigenvalue weighted by molar-refractivity contribution is 0.0358. The van der Waals surface area contributed by atoms with Crippen molar-refractivity contribution in [2.75, 3.05) is 12.6 Å². The second-order valence-electron chi connectivity index (χ2n) is 4.36. The van der Waals surface area contributed by atoms with Gasteiger partial charge in [0, 0.05) is 10.7 Å². The minimum absolute atomic E-state index is 0.311. The third-order valence-corrected chi connectivity index (χ3v) is 2.15. The number of hydrogen-bond donors (Lipinski definition) is 1. The third kappa shape index (κ3) is 4.32. The summed E-state index contributed by atoms with van der Waals surface area (Å²) in [5.74, 6) is -0.145. The number of carbonyl (C=O) groups excluding carboxylic acids is 1. The third-order valence-electron chi connectivity index (χ3n) is 1.71.